The lowest BCUT2D eigenvalue weighted by atomic mass is 10.1. The smallest absolute Gasteiger partial charge is 0.344 e. The molecule has 2 atom stereocenters. The molecule has 1 aliphatic rings. The Labute approximate surface area is 176 Å². The van der Waals surface area contributed by atoms with Gasteiger partial charge < -0.3 is 18.6 Å². The summed E-state index contributed by atoms with van der Waals surface area (Å²) in [6.45, 7) is 7.41. The molecule has 1 saturated heterocycles. The van der Waals surface area contributed by atoms with Gasteiger partial charge in [0, 0.05) is 31.1 Å². The molecule has 0 bridgehead atoms. The monoisotopic (exact) mass is 409 g/mol. The van der Waals surface area contributed by atoms with Crippen LogP contribution in [0, 0.1) is 0 Å². The number of hydrogen-bond acceptors (Lipinski definition) is 6. The van der Waals surface area contributed by atoms with E-state index in [1.54, 1.807) is 13.2 Å². The van der Waals surface area contributed by atoms with Crippen molar-refractivity contribution in [2.75, 3.05) is 33.4 Å². The van der Waals surface area contributed by atoms with Crippen molar-refractivity contribution in [3.63, 3.8) is 0 Å². The normalized spacial score (nSPS) is 19.7. The third kappa shape index (κ3) is 4.66. The van der Waals surface area contributed by atoms with Gasteiger partial charge in [0.25, 0.3) is 0 Å². The van der Waals surface area contributed by atoms with E-state index in [4.69, 9.17) is 18.6 Å². The van der Waals surface area contributed by atoms with Gasteiger partial charge in [-0.1, -0.05) is 12.1 Å². The third-order valence-electron chi connectivity index (χ3n) is 5.28. The zero-order chi connectivity index (χ0) is 21.1. The van der Waals surface area contributed by atoms with E-state index in [2.05, 4.69) is 18.7 Å². The van der Waals surface area contributed by atoms with Gasteiger partial charge in [0.1, 0.15) is 23.7 Å². The van der Waals surface area contributed by atoms with Crippen LogP contribution in [0.2, 0.25) is 0 Å². The standard InChI is InChI=1S/C24H27NO5/c1-16-14-25(15-17(2)29-16)10-11-28-21-9-6-19-12-22(24(26)30-23(19)13-21)18-4-7-20(27-3)8-5-18/h4-9,12-13,16-17H,10-11,14-15H2,1-3H3. The van der Waals surface area contributed by atoms with Crippen molar-refractivity contribution in [1.29, 1.82) is 0 Å². The summed E-state index contributed by atoms with van der Waals surface area (Å²) in [5.41, 5.74) is 1.46. The average Bonchev–Trinajstić information content (AvgIpc) is 2.72. The largest absolute Gasteiger partial charge is 0.497 e. The first kappa shape index (κ1) is 20.4. The van der Waals surface area contributed by atoms with E-state index < -0.39 is 0 Å². The molecule has 0 spiro atoms. The third-order valence-corrected chi connectivity index (χ3v) is 5.28. The van der Waals surface area contributed by atoms with Crippen LogP contribution in [-0.4, -0.2) is 50.5 Å². The summed E-state index contributed by atoms with van der Waals surface area (Å²) < 4.78 is 22.4. The summed E-state index contributed by atoms with van der Waals surface area (Å²) in [5, 5.41) is 0.851. The molecule has 2 aromatic carbocycles. The highest BCUT2D eigenvalue weighted by atomic mass is 16.5. The van der Waals surface area contributed by atoms with Crippen LogP contribution in [0.1, 0.15) is 13.8 Å². The van der Waals surface area contributed by atoms with Gasteiger partial charge in [-0.05, 0) is 49.7 Å². The fraction of sp³-hybridized carbons (Fsp3) is 0.375. The quantitative estimate of drug-likeness (QED) is 0.575. The second-order valence-corrected chi connectivity index (χ2v) is 7.74. The van der Waals surface area contributed by atoms with Gasteiger partial charge >= 0.3 is 5.63 Å². The van der Waals surface area contributed by atoms with Gasteiger partial charge in [0.15, 0.2) is 0 Å². The van der Waals surface area contributed by atoms with Gasteiger partial charge in [-0.2, -0.15) is 0 Å². The average molecular weight is 409 g/mol. The molecule has 2 heterocycles. The number of rotatable bonds is 6. The summed E-state index contributed by atoms with van der Waals surface area (Å²) >= 11 is 0. The summed E-state index contributed by atoms with van der Waals surface area (Å²) in [5.74, 6) is 1.43. The number of ether oxygens (including phenoxy) is 3. The molecule has 1 fully saturated rings. The maximum atomic E-state index is 12.5. The summed E-state index contributed by atoms with van der Waals surface area (Å²) in [6.07, 6.45) is 0.479. The van der Waals surface area contributed by atoms with E-state index in [-0.39, 0.29) is 17.8 Å². The SMILES string of the molecule is COc1ccc(-c2cc3ccc(OCCN4CC(C)OC(C)C4)cc3oc2=O)cc1. The van der Waals surface area contributed by atoms with E-state index in [1.807, 2.05) is 42.5 Å². The van der Waals surface area contributed by atoms with Crippen molar-refractivity contribution >= 4 is 11.0 Å². The highest BCUT2D eigenvalue weighted by Crippen LogP contribution is 2.25. The number of fused-ring (bicyclic) bond motifs is 1. The Hall–Kier alpha value is -2.83. The van der Waals surface area contributed by atoms with E-state index >= 15 is 0 Å². The Morgan fingerprint density at radius 1 is 1.00 bits per heavy atom. The molecule has 158 valence electrons. The molecule has 0 aliphatic carbocycles. The number of morpholine rings is 1. The number of nitrogens with zero attached hydrogens (tertiary/aromatic N) is 1. The van der Waals surface area contributed by atoms with Crippen LogP contribution in [0.3, 0.4) is 0 Å². The molecule has 0 radical (unpaired) electrons. The molecule has 0 saturated carbocycles. The summed E-state index contributed by atoms with van der Waals surface area (Å²) in [7, 11) is 1.61. The van der Waals surface area contributed by atoms with Crippen molar-refractivity contribution in [3.05, 3.63) is 59.0 Å². The molecule has 1 aliphatic heterocycles. The first-order valence-corrected chi connectivity index (χ1v) is 10.2. The Morgan fingerprint density at radius 2 is 1.70 bits per heavy atom. The molecule has 6 heteroatoms. The van der Waals surface area contributed by atoms with Gasteiger partial charge in [-0.3, -0.25) is 4.90 Å². The van der Waals surface area contributed by atoms with Crippen LogP contribution in [0.25, 0.3) is 22.1 Å². The molecule has 0 amide bonds. The Balaban J connectivity index is 1.46. The van der Waals surface area contributed by atoms with E-state index in [1.165, 1.54) is 0 Å². The predicted molar refractivity (Wildman–Crippen MR) is 116 cm³/mol. The van der Waals surface area contributed by atoms with Crippen LogP contribution in [-0.2, 0) is 4.74 Å². The molecule has 3 aromatic rings. The Kier molecular flexibility index (Phi) is 6.06. The van der Waals surface area contributed by atoms with E-state index in [0.29, 0.717) is 23.5 Å². The number of hydrogen-bond donors (Lipinski definition) is 0. The Bertz CT molecular complexity index is 1050. The Morgan fingerprint density at radius 3 is 2.40 bits per heavy atom. The lowest BCUT2D eigenvalue weighted by Crippen LogP contribution is -2.46. The first-order valence-electron chi connectivity index (χ1n) is 10.2. The van der Waals surface area contributed by atoms with Crippen molar-refractivity contribution in [3.8, 4) is 22.6 Å². The van der Waals surface area contributed by atoms with Crippen LogP contribution < -0.4 is 15.1 Å². The number of benzene rings is 2. The number of methoxy groups -OCH3 is 1. The summed E-state index contributed by atoms with van der Waals surface area (Å²) in [4.78, 5) is 14.9. The van der Waals surface area contributed by atoms with Crippen LogP contribution in [0.5, 0.6) is 11.5 Å². The minimum atomic E-state index is -0.374. The zero-order valence-corrected chi connectivity index (χ0v) is 17.6. The zero-order valence-electron chi connectivity index (χ0n) is 17.6. The minimum absolute atomic E-state index is 0.239. The molecule has 30 heavy (non-hydrogen) atoms. The first-order chi connectivity index (χ1) is 14.5. The molecule has 2 unspecified atom stereocenters. The lowest BCUT2D eigenvalue weighted by molar-refractivity contribution is -0.0699. The second-order valence-electron chi connectivity index (χ2n) is 7.74. The maximum Gasteiger partial charge on any atom is 0.344 e. The molecule has 4 rings (SSSR count). The van der Waals surface area contributed by atoms with Crippen LogP contribution >= 0.6 is 0 Å². The molecular formula is C24H27NO5. The molecule has 6 nitrogen and oxygen atoms in total. The second kappa shape index (κ2) is 8.90. The molecular weight excluding hydrogens is 382 g/mol. The van der Waals surface area contributed by atoms with Gasteiger partial charge in [0.05, 0.1) is 24.9 Å². The van der Waals surface area contributed by atoms with Gasteiger partial charge in [-0.25, -0.2) is 4.79 Å². The minimum Gasteiger partial charge on any atom is -0.497 e. The van der Waals surface area contributed by atoms with Crippen molar-refractivity contribution in [2.45, 2.75) is 26.1 Å². The fourth-order valence-electron chi connectivity index (χ4n) is 3.91. The van der Waals surface area contributed by atoms with Gasteiger partial charge in [-0.15, -0.1) is 0 Å². The van der Waals surface area contributed by atoms with Crippen molar-refractivity contribution < 1.29 is 18.6 Å². The molecule has 1 aromatic heterocycles. The van der Waals surface area contributed by atoms with Gasteiger partial charge in [0.2, 0.25) is 0 Å². The van der Waals surface area contributed by atoms with E-state index in [9.17, 15) is 4.79 Å². The summed E-state index contributed by atoms with van der Waals surface area (Å²) in [6, 6.07) is 14.8. The van der Waals surface area contributed by atoms with Crippen LogP contribution in [0.15, 0.2) is 57.7 Å². The van der Waals surface area contributed by atoms with Crippen molar-refractivity contribution in [2.24, 2.45) is 0 Å². The fourth-order valence-corrected chi connectivity index (χ4v) is 3.91. The highest BCUT2D eigenvalue weighted by molar-refractivity contribution is 5.82. The topological polar surface area (TPSA) is 61.1 Å². The molecule has 0 N–H and O–H groups in total. The lowest BCUT2D eigenvalue weighted by Gasteiger charge is -2.35. The predicted octanol–water partition coefficient (Wildman–Crippen LogP) is 3.96. The van der Waals surface area contributed by atoms with E-state index in [0.717, 1.165) is 36.3 Å². The highest BCUT2D eigenvalue weighted by Gasteiger charge is 2.21. The maximum absolute atomic E-state index is 12.5. The van der Waals surface area contributed by atoms with Crippen molar-refractivity contribution in [1.82, 2.24) is 4.90 Å². The van der Waals surface area contributed by atoms with Crippen LogP contribution in [0.4, 0.5) is 0 Å².